The maximum atomic E-state index is 12.9. The Labute approximate surface area is 165 Å². The van der Waals surface area contributed by atoms with Gasteiger partial charge in [0.25, 0.3) is 11.8 Å². The second-order valence-electron chi connectivity index (χ2n) is 8.54. The molecule has 1 saturated heterocycles. The summed E-state index contributed by atoms with van der Waals surface area (Å²) in [7, 11) is 1.90. The van der Waals surface area contributed by atoms with Gasteiger partial charge in [-0.1, -0.05) is 31.2 Å². The van der Waals surface area contributed by atoms with Gasteiger partial charge in [-0.15, -0.1) is 0 Å². The number of amides is 4. The van der Waals surface area contributed by atoms with Crippen LogP contribution < -0.4 is 10.7 Å². The number of fused-ring (bicyclic) bond motifs is 1. The van der Waals surface area contributed by atoms with Gasteiger partial charge in [0.05, 0.1) is 6.54 Å². The molecule has 1 heterocycles. The van der Waals surface area contributed by atoms with E-state index < -0.39 is 11.6 Å². The number of carbonyl (C=O) groups is 3. The standard InChI is InChI=1S/C21H28N4O3/c1-14-9-11-21(12-10-14)19(27)25(20(28)22-21)23-18(26)13-24(2)17-8-7-15-5-3-4-6-16(15)17/h3-6,14,17H,7-13H2,1-2H3,(H,22,28)(H,23,26). The summed E-state index contributed by atoms with van der Waals surface area (Å²) in [5, 5.41) is 3.71. The SMILES string of the molecule is CC1CCC2(CC1)NC(=O)N(NC(=O)CN(C)C1CCc3ccccc31)C2=O. The maximum absolute atomic E-state index is 12.9. The largest absolute Gasteiger partial charge is 0.344 e. The van der Waals surface area contributed by atoms with E-state index in [0.717, 1.165) is 30.7 Å². The minimum atomic E-state index is -0.840. The van der Waals surface area contributed by atoms with Gasteiger partial charge in [0, 0.05) is 6.04 Å². The molecule has 3 aliphatic rings. The Hall–Kier alpha value is -2.41. The first-order valence-corrected chi connectivity index (χ1v) is 10.1. The minimum absolute atomic E-state index is 0.125. The van der Waals surface area contributed by atoms with Crippen LogP contribution in [-0.4, -0.2) is 46.9 Å². The summed E-state index contributed by atoms with van der Waals surface area (Å²) in [5.41, 5.74) is 4.27. The summed E-state index contributed by atoms with van der Waals surface area (Å²) in [6, 6.07) is 7.93. The molecule has 28 heavy (non-hydrogen) atoms. The number of rotatable bonds is 4. The molecule has 7 heteroatoms. The van der Waals surface area contributed by atoms with Gasteiger partial charge in [0.2, 0.25) is 0 Å². The molecule has 1 aromatic rings. The van der Waals surface area contributed by atoms with Crippen LogP contribution in [0.1, 0.15) is 56.2 Å². The van der Waals surface area contributed by atoms with Crippen molar-refractivity contribution in [1.82, 2.24) is 20.7 Å². The molecule has 1 spiro atoms. The summed E-state index contributed by atoms with van der Waals surface area (Å²) in [6.07, 6.45) is 5.03. The third kappa shape index (κ3) is 3.28. The number of hydrogen-bond acceptors (Lipinski definition) is 4. The highest BCUT2D eigenvalue weighted by atomic mass is 16.2. The number of hydrogen-bond donors (Lipinski definition) is 2. The summed E-state index contributed by atoms with van der Waals surface area (Å²) in [4.78, 5) is 39.8. The van der Waals surface area contributed by atoms with E-state index in [1.807, 2.05) is 24.1 Å². The number of imide groups is 1. The Bertz CT molecular complexity index is 801. The number of aryl methyl sites for hydroxylation is 1. The first-order valence-electron chi connectivity index (χ1n) is 10.1. The number of likely N-dealkylation sites (N-methyl/N-ethyl adjacent to an activating group) is 1. The fourth-order valence-corrected chi connectivity index (χ4v) is 4.80. The zero-order chi connectivity index (χ0) is 19.9. The Kier molecular flexibility index (Phi) is 4.87. The average molecular weight is 384 g/mol. The summed E-state index contributed by atoms with van der Waals surface area (Å²) in [6.45, 7) is 2.28. The molecule has 0 aromatic heterocycles. The lowest BCUT2D eigenvalue weighted by atomic mass is 9.77. The van der Waals surface area contributed by atoms with Crippen LogP contribution in [0.15, 0.2) is 24.3 Å². The third-order valence-electron chi connectivity index (χ3n) is 6.55. The lowest BCUT2D eigenvalue weighted by molar-refractivity contribution is -0.140. The van der Waals surface area contributed by atoms with Crippen LogP contribution >= 0.6 is 0 Å². The van der Waals surface area contributed by atoms with Crippen molar-refractivity contribution < 1.29 is 14.4 Å². The highest BCUT2D eigenvalue weighted by molar-refractivity contribution is 6.08. The van der Waals surface area contributed by atoms with E-state index in [2.05, 4.69) is 29.8 Å². The number of benzene rings is 1. The van der Waals surface area contributed by atoms with Crippen molar-refractivity contribution >= 4 is 17.8 Å². The molecule has 1 atom stereocenters. The van der Waals surface area contributed by atoms with Gasteiger partial charge in [0.1, 0.15) is 5.54 Å². The summed E-state index contributed by atoms with van der Waals surface area (Å²) >= 11 is 0. The number of carbonyl (C=O) groups excluding carboxylic acids is 3. The van der Waals surface area contributed by atoms with Crippen molar-refractivity contribution in [3.8, 4) is 0 Å². The normalized spacial score (nSPS) is 29.3. The first-order chi connectivity index (χ1) is 13.4. The Balaban J connectivity index is 1.37. The molecule has 0 bridgehead atoms. The lowest BCUT2D eigenvalue weighted by Crippen LogP contribution is -2.52. The predicted octanol–water partition coefficient (Wildman–Crippen LogP) is 2.14. The summed E-state index contributed by atoms with van der Waals surface area (Å²) in [5.74, 6) is -0.120. The van der Waals surface area contributed by atoms with Crippen molar-refractivity contribution in [3.05, 3.63) is 35.4 Å². The molecule has 0 radical (unpaired) electrons. The Morgan fingerprint density at radius 1 is 1.25 bits per heavy atom. The van der Waals surface area contributed by atoms with Gasteiger partial charge in [-0.25, -0.2) is 4.79 Å². The van der Waals surface area contributed by atoms with Crippen LogP contribution in [-0.2, 0) is 16.0 Å². The molecular weight excluding hydrogens is 356 g/mol. The van der Waals surface area contributed by atoms with E-state index in [-0.39, 0.29) is 24.4 Å². The van der Waals surface area contributed by atoms with E-state index in [4.69, 9.17) is 0 Å². The van der Waals surface area contributed by atoms with Crippen LogP contribution in [0.2, 0.25) is 0 Å². The topological polar surface area (TPSA) is 81.8 Å². The molecule has 1 unspecified atom stereocenters. The van der Waals surface area contributed by atoms with Crippen molar-refractivity contribution in [3.63, 3.8) is 0 Å². The van der Waals surface area contributed by atoms with E-state index in [9.17, 15) is 14.4 Å². The number of urea groups is 1. The van der Waals surface area contributed by atoms with E-state index in [1.165, 1.54) is 11.1 Å². The molecular formula is C21H28N4O3. The van der Waals surface area contributed by atoms with Gasteiger partial charge in [0.15, 0.2) is 0 Å². The van der Waals surface area contributed by atoms with Gasteiger partial charge in [-0.3, -0.25) is 19.9 Å². The Morgan fingerprint density at radius 2 is 1.96 bits per heavy atom. The van der Waals surface area contributed by atoms with Crippen molar-refractivity contribution in [2.45, 2.75) is 57.0 Å². The monoisotopic (exact) mass is 384 g/mol. The molecule has 1 aliphatic heterocycles. The zero-order valence-corrected chi connectivity index (χ0v) is 16.5. The fraction of sp³-hybridized carbons (Fsp3) is 0.571. The molecule has 150 valence electrons. The summed E-state index contributed by atoms with van der Waals surface area (Å²) < 4.78 is 0. The van der Waals surface area contributed by atoms with E-state index >= 15 is 0 Å². The molecule has 2 aliphatic carbocycles. The second-order valence-corrected chi connectivity index (χ2v) is 8.54. The molecule has 4 amide bonds. The lowest BCUT2D eigenvalue weighted by Gasteiger charge is -2.33. The molecule has 2 fully saturated rings. The molecule has 1 saturated carbocycles. The van der Waals surface area contributed by atoms with Crippen molar-refractivity contribution in [2.75, 3.05) is 13.6 Å². The van der Waals surface area contributed by atoms with Crippen molar-refractivity contribution in [1.29, 1.82) is 0 Å². The van der Waals surface area contributed by atoms with Crippen LogP contribution in [0.25, 0.3) is 0 Å². The van der Waals surface area contributed by atoms with E-state index in [1.54, 1.807) is 0 Å². The Morgan fingerprint density at radius 3 is 2.71 bits per heavy atom. The highest BCUT2D eigenvalue weighted by Gasteiger charge is 2.52. The highest BCUT2D eigenvalue weighted by Crippen LogP contribution is 2.36. The minimum Gasteiger partial charge on any atom is -0.322 e. The predicted molar refractivity (Wildman–Crippen MR) is 104 cm³/mol. The quantitative estimate of drug-likeness (QED) is 0.780. The molecule has 4 rings (SSSR count). The van der Waals surface area contributed by atoms with Gasteiger partial charge < -0.3 is 5.32 Å². The third-order valence-corrected chi connectivity index (χ3v) is 6.55. The number of hydrazine groups is 1. The van der Waals surface area contributed by atoms with Gasteiger partial charge >= 0.3 is 6.03 Å². The van der Waals surface area contributed by atoms with E-state index in [0.29, 0.717) is 18.8 Å². The van der Waals surface area contributed by atoms with Gasteiger partial charge in [-0.05, 0) is 62.6 Å². The van der Waals surface area contributed by atoms with Gasteiger partial charge in [-0.2, -0.15) is 5.01 Å². The molecule has 1 aromatic carbocycles. The fourth-order valence-electron chi connectivity index (χ4n) is 4.80. The second kappa shape index (κ2) is 7.20. The maximum Gasteiger partial charge on any atom is 0.344 e. The average Bonchev–Trinajstić information content (AvgIpc) is 3.20. The first kappa shape index (κ1) is 18.9. The number of nitrogens with one attached hydrogen (secondary N) is 2. The van der Waals surface area contributed by atoms with Crippen LogP contribution in [0.3, 0.4) is 0 Å². The zero-order valence-electron chi connectivity index (χ0n) is 16.5. The van der Waals surface area contributed by atoms with Crippen LogP contribution in [0, 0.1) is 5.92 Å². The molecule has 7 nitrogen and oxygen atoms in total. The number of nitrogens with zero attached hydrogens (tertiary/aromatic N) is 2. The van der Waals surface area contributed by atoms with Crippen LogP contribution in [0.4, 0.5) is 4.79 Å². The van der Waals surface area contributed by atoms with Crippen LogP contribution in [0.5, 0.6) is 0 Å². The smallest absolute Gasteiger partial charge is 0.322 e. The van der Waals surface area contributed by atoms with Crippen molar-refractivity contribution in [2.24, 2.45) is 5.92 Å². The molecule has 2 N–H and O–H groups in total.